The minimum Gasteiger partial charge on any atom is -0.493 e. The lowest BCUT2D eigenvalue weighted by molar-refractivity contribution is -0.140. The molecule has 0 spiro atoms. The number of aryl methyl sites for hydroxylation is 1. The van der Waals surface area contributed by atoms with Crippen molar-refractivity contribution in [3.05, 3.63) is 75.5 Å². The van der Waals surface area contributed by atoms with Crippen LogP contribution in [0.2, 0.25) is 0 Å². The summed E-state index contributed by atoms with van der Waals surface area (Å²) in [6.45, 7) is 11.8. The Hall–Kier alpha value is -3.12. The number of thiophene rings is 1. The third-order valence-corrected chi connectivity index (χ3v) is 7.18. The molecule has 36 heavy (non-hydrogen) atoms. The van der Waals surface area contributed by atoms with Gasteiger partial charge in [0.1, 0.15) is 5.75 Å². The number of ether oxygens (including phenoxy) is 2. The molecular weight excluding hydrogens is 470 g/mol. The van der Waals surface area contributed by atoms with Gasteiger partial charge in [0.25, 0.3) is 5.91 Å². The normalized spacial score (nSPS) is 12.2. The molecule has 1 aromatic heterocycles. The summed E-state index contributed by atoms with van der Waals surface area (Å²) >= 11 is 1.48. The summed E-state index contributed by atoms with van der Waals surface area (Å²) in [6, 6.07) is 18.9. The first-order valence-corrected chi connectivity index (χ1v) is 13.2. The molecule has 6 heteroatoms. The maximum absolute atomic E-state index is 12.3. The van der Waals surface area contributed by atoms with Gasteiger partial charge in [-0.25, -0.2) is 0 Å². The van der Waals surface area contributed by atoms with Crippen LogP contribution in [0, 0.1) is 12.8 Å². The van der Waals surface area contributed by atoms with Crippen molar-refractivity contribution >= 4 is 23.2 Å². The van der Waals surface area contributed by atoms with Gasteiger partial charge in [-0.2, -0.15) is 0 Å². The molecule has 1 heterocycles. The molecule has 0 saturated heterocycles. The third kappa shape index (κ3) is 7.69. The van der Waals surface area contributed by atoms with Crippen LogP contribution in [0.5, 0.6) is 5.75 Å². The van der Waals surface area contributed by atoms with Crippen LogP contribution >= 0.6 is 11.3 Å². The Morgan fingerprint density at radius 2 is 1.75 bits per heavy atom. The standard InChI is InChI=1S/C30H37NO4S/c1-20(17-25-12-14-27(36-25)29(33)31-16-15-28(32)34-6)19-35-24-11-13-26(21(2)18-24)22-7-9-23(10-8-22)30(3,4)5/h7-14,18,20H,15-17,19H2,1-6H3,(H,31,33). The minimum atomic E-state index is -0.337. The summed E-state index contributed by atoms with van der Waals surface area (Å²) in [4.78, 5) is 25.2. The summed E-state index contributed by atoms with van der Waals surface area (Å²) in [6.07, 6.45) is 0.996. The molecule has 0 saturated carbocycles. The van der Waals surface area contributed by atoms with Gasteiger partial charge in [0.15, 0.2) is 0 Å². The van der Waals surface area contributed by atoms with E-state index in [1.807, 2.05) is 18.2 Å². The van der Waals surface area contributed by atoms with Crippen molar-refractivity contribution in [2.45, 2.75) is 52.9 Å². The topological polar surface area (TPSA) is 64.6 Å². The lowest BCUT2D eigenvalue weighted by atomic mass is 9.86. The first-order valence-electron chi connectivity index (χ1n) is 12.3. The second kappa shape index (κ2) is 12.2. The van der Waals surface area contributed by atoms with Crippen LogP contribution in [0.25, 0.3) is 11.1 Å². The largest absolute Gasteiger partial charge is 0.493 e. The van der Waals surface area contributed by atoms with E-state index in [1.54, 1.807) is 0 Å². The Morgan fingerprint density at radius 3 is 2.39 bits per heavy atom. The highest BCUT2D eigenvalue weighted by molar-refractivity contribution is 7.14. The molecule has 1 atom stereocenters. The number of esters is 1. The summed E-state index contributed by atoms with van der Waals surface area (Å²) < 4.78 is 10.7. The summed E-state index contributed by atoms with van der Waals surface area (Å²) in [5, 5.41) is 2.75. The van der Waals surface area contributed by atoms with Crippen molar-refractivity contribution in [2.24, 2.45) is 5.92 Å². The number of hydrogen-bond donors (Lipinski definition) is 1. The van der Waals surface area contributed by atoms with Gasteiger partial charge in [-0.3, -0.25) is 9.59 Å². The van der Waals surface area contributed by atoms with E-state index in [0.29, 0.717) is 17.4 Å². The highest BCUT2D eigenvalue weighted by Gasteiger charge is 2.15. The number of nitrogens with one attached hydrogen (secondary N) is 1. The SMILES string of the molecule is COC(=O)CCNC(=O)c1ccc(CC(C)COc2ccc(-c3ccc(C(C)(C)C)cc3)c(C)c2)s1. The highest BCUT2D eigenvalue weighted by atomic mass is 32.1. The highest BCUT2D eigenvalue weighted by Crippen LogP contribution is 2.30. The van der Waals surface area contributed by atoms with Gasteiger partial charge in [0.05, 0.1) is 25.0 Å². The number of carbonyl (C=O) groups is 2. The van der Waals surface area contributed by atoms with Crippen LogP contribution in [0.3, 0.4) is 0 Å². The predicted molar refractivity (Wildman–Crippen MR) is 147 cm³/mol. The van der Waals surface area contributed by atoms with Gasteiger partial charge in [0.2, 0.25) is 0 Å². The molecule has 2 aromatic carbocycles. The van der Waals surface area contributed by atoms with E-state index in [-0.39, 0.29) is 30.3 Å². The molecule has 0 aliphatic rings. The second-order valence-electron chi connectivity index (χ2n) is 10.3. The van der Waals surface area contributed by atoms with Crippen LogP contribution in [0.1, 0.15) is 59.8 Å². The lowest BCUT2D eigenvalue weighted by Gasteiger charge is -2.19. The van der Waals surface area contributed by atoms with Gasteiger partial charge in [-0.15, -0.1) is 11.3 Å². The van der Waals surface area contributed by atoms with Crippen LogP contribution in [0.4, 0.5) is 0 Å². The summed E-state index contributed by atoms with van der Waals surface area (Å²) in [5.41, 5.74) is 5.08. The summed E-state index contributed by atoms with van der Waals surface area (Å²) in [5.74, 6) is 0.660. The van der Waals surface area contributed by atoms with Crippen molar-refractivity contribution in [3.8, 4) is 16.9 Å². The van der Waals surface area contributed by atoms with Crippen molar-refractivity contribution in [1.82, 2.24) is 5.32 Å². The van der Waals surface area contributed by atoms with E-state index >= 15 is 0 Å². The minimum absolute atomic E-state index is 0.144. The number of methoxy groups -OCH3 is 1. The number of amides is 1. The Labute approximate surface area is 218 Å². The molecule has 5 nitrogen and oxygen atoms in total. The third-order valence-electron chi connectivity index (χ3n) is 6.07. The Bertz CT molecular complexity index is 1170. The average molecular weight is 508 g/mol. The van der Waals surface area contributed by atoms with Gasteiger partial charge in [-0.1, -0.05) is 58.0 Å². The van der Waals surface area contributed by atoms with Crippen LogP contribution in [-0.4, -0.2) is 32.1 Å². The molecule has 0 aliphatic heterocycles. The van der Waals surface area contributed by atoms with Crippen molar-refractivity contribution in [3.63, 3.8) is 0 Å². The zero-order chi connectivity index (χ0) is 26.3. The molecule has 0 fully saturated rings. The molecule has 0 bridgehead atoms. The Kier molecular flexibility index (Phi) is 9.32. The van der Waals surface area contributed by atoms with Crippen molar-refractivity contribution < 1.29 is 19.1 Å². The fourth-order valence-electron chi connectivity index (χ4n) is 3.92. The number of carbonyl (C=O) groups excluding carboxylic acids is 2. The quantitative estimate of drug-likeness (QED) is 0.315. The molecule has 3 aromatic rings. The predicted octanol–water partition coefficient (Wildman–Crippen LogP) is 6.57. The van der Waals surface area contributed by atoms with Crippen molar-refractivity contribution in [1.29, 1.82) is 0 Å². The smallest absolute Gasteiger partial charge is 0.307 e. The van der Waals surface area contributed by atoms with E-state index < -0.39 is 0 Å². The fourth-order valence-corrected chi connectivity index (χ4v) is 5.00. The fraction of sp³-hybridized carbons (Fsp3) is 0.400. The molecule has 0 aliphatic carbocycles. The van der Waals surface area contributed by atoms with Gasteiger partial charge >= 0.3 is 5.97 Å². The molecule has 192 valence electrons. The van der Waals surface area contributed by atoms with Crippen LogP contribution in [0.15, 0.2) is 54.6 Å². The molecule has 0 radical (unpaired) electrons. The van der Waals surface area contributed by atoms with Crippen LogP contribution < -0.4 is 10.1 Å². The second-order valence-corrected chi connectivity index (χ2v) is 11.4. The maximum Gasteiger partial charge on any atom is 0.307 e. The zero-order valence-corrected chi connectivity index (χ0v) is 23.0. The van der Waals surface area contributed by atoms with E-state index in [4.69, 9.17) is 4.74 Å². The summed E-state index contributed by atoms with van der Waals surface area (Å²) in [7, 11) is 1.34. The van der Waals surface area contributed by atoms with E-state index in [0.717, 1.165) is 17.0 Å². The van der Waals surface area contributed by atoms with Crippen molar-refractivity contribution in [2.75, 3.05) is 20.3 Å². The zero-order valence-electron chi connectivity index (χ0n) is 22.1. The average Bonchev–Trinajstić information content (AvgIpc) is 3.30. The Morgan fingerprint density at radius 1 is 1.03 bits per heavy atom. The molecule has 1 amide bonds. The van der Waals surface area contributed by atoms with E-state index in [2.05, 4.69) is 81.1 Å². The lowest BCUT2D eigenvalue weighted by Crippen LogP contribution is -2.25. The molecule has 1 unspecified atom stereocenters. The maximum atomic E-state index is 12.3. The molecular formula is C30H37NO4S. The van der Waals surface area contributed by atoms with E-state index in [9.17, 15) is 9.59 Å². The monoisotopic (exact) mass is 507 g/mol. The first-order chi connectivity index (χ1) is 17.1. The van der Waals surface area contributed by atoms with Gasteiger partial charge < -0.3 is 14.8 Å². The number of benzene rings is 2. The number of hydrogen-bond acceptors (Lipinski definition) is 5. The van der Waals surface area contributed by atoms with E-state index in [1.165, 1.54) is 40.7 Å². The molecule has 3 rings (SSSR count). The number of rotatable bonds is 10. The van der Waals surface area contributed by atoms with Crippen LogP contribution in [-0.2, 0) is 21.4 Å². The van der Waals surface area contributed by atoms with Gasteiger partial charge in [-0.05, 0) is 71.2 Å². The first kappa shape index (κ1) is 27.5. The Balaban J connectivity index is 1.51. The van der Waals surface area contributed by atoms with Gasteiger partial charge in [0, 0.05) is 11.4 Å². The molecule has 1 N–H and O–H groups in total.